The maximum atomic E-state index is 13.1. The predicted molar refractivity (Wildman–Crippen MR) is 143 cm³/mol. The molecule has 3 aromatic heterocycles. The summed E-state index contributed by atoms with van der Waals surface area (Å²) in [7, 11) is 1.43. The summed E-state index contributed by atoms with van der Waals surface area (Å²) in [6.45, 7) is 8.75. The third-order valence-corrected chi connectivity index (χ3v) is 9.15. The molecule has 202 valence electrons. The van der Waals surface area contributed by atoms with E-state index in [9.17, 15) is 4.79 Å². The molecule has 1 saturated carbocycles. The third kappa shape index (κ3) is 3.61. The van der Waals surface area contributed by atoms with E-state index in [4.69, 9.17) is 19.6 Å². The number of nitrogens with zero attached hydrogens (tertiary/aromatic N) is 7. The molecule has 1 aromatic carbocycles. The van der Waals surface area contributed by atoms with Gasteiger partial charge in [-0.3, -0.25) is 4.79 Å². The van der Waals surface area contributed by atoms with Crippen molar-refractivity contribution in [1.82, 2.24) is 29.4 Å². The van der Waals surface area contributed by atoms with E-state index in [1.807, 2.05) is 22.3 Å². The molecule has 3 saturated heterocycles. The smallest absolute Gasteiger partial charge is 0.315 e. The first-order valence-corrected chi connectivity index (χ1v) is 13.5. The lowest BCUT2D eigenvalue weighted by molar-refractivity contribution is -0.159. The van der Waals surface area contributed by atoms with Crippen LogP contribution in [-0.4, -0.2) is 61.1 Å². The molecule has 8 rings (SSSR count). The molecule has 0 spiro atoms. The van der Waals surface area contributed by atoms with E-state index in [0.29, 0.717) is 25.2 Å². The molecule has 10 heteroatoms. The van der Waals surface area contributed by atoms with Crippen LogP contribution in [0.1, 0.15) is 55.1 Å². The number of rotatable bonds is 6. The molecule has 4 fully saturated rings. The van der Waals surface area contributed by atoms with E-state index in [2.05, 4.69) is 65.2 Å². The van der Waals surface area contributed by atoms with Gasteiger partial charge in [-0.25, -0.2) is 19.2 Å². The molecule has 4 aliphatic rings. The second-order valence-corrected chi connectivity index (χ2v) is 11.9. The SMILES string of the molecule is COC(=O)C12CC(Cn3ncnc3C)(C1)OC2c1nc2c(C)cc(N3CC[C@](C)(c4ccccc4)C3)cn2n1. The molecule has 0 N–H and O–H groups in total. The number of anilines is 1. The molecule has 39 heavy (non-hydrogen) atoms. The van der Waals surface area contributed by atoms with Gasteiger partial charge in [-0.15, -0.1) is 5.10 Å². The number of aromatic nitrogens is 6. The quantitative estimate of drug-likeness (QED) is 0.351. The number of carbonyl (C=O) groups excluding carboxylic acids is 1. The van der Waals surface area contributed by atoms with E-state index in [1.165, 1.54) is 19.0 Å². The van der Waals surface area contributed by atoms with Crippen molar-refractivity contribution >= 4 is 17.3 Å². The van der Waals surface area contributed by atoms with Crippen molar-refractivity contribution < 1.29 is 14.3 Å². The molecule has 4 aromatic rings. The highest BCUT2D eigenvalue weighted by molar-refractivity contribution is 5.80. The molecule has 0 radical (unpaired) electrons. The predicted octanol–water partition coefficient (Wildman–Crippen LogP) is 3.57. The standard InChI is InChI=1S/C29H33N7O3/c1-19-12-22(34-11-10-27(3,16-34)21-8-6-5-7-9-21)13-35-25(19)32-24(33-35)23-29(26(37)38-4)14-28(15-29,39-23)17-36-20(2)30-18-31-36/h5-9,12-13,18,23H,10-11,14-17H2,1-4H3/t23?,27-,28?,29?/m0/s1. The Morgan fingerprint density at radius 3 is 2.72 bits per heavy atom. The van der Waals surface area contributed by atoms with Crippen LogP contribution in [0.3, 0.4) is 0 Å². The molecule has 2 atom stereocenters. The monoisotopic (exact) mass is 527 g/mol. The van der Waals surface area contributed by atoms with Crippen LogP contribution in [0.15, 0.2) is 48.9 Å². The number of aryl methyl sites for hydroxylation is 2. The van der Waals surface area contributed by atoms with E-state index in [1.54, 1.807) is 0 Å². The normalized spacial score (nSPS) is 29.6. The average molecular weight is 528 g/mol. The molecule has 1 aliphatic carbocycles. The van der Waals surface area contributed by atoms with Crippen molar-refractivity contribution in [3.05, 3.63) is 71.7 Å². The van der Waals surface area contributed by atoms with Gasteiger partial charge in [0, 0.05) is 18.5 Å². The fourth-order valence-corrected chi connectivity index (χ4v) is 7.07. The molecule has 0 amide bonds. The summed E-state index contributed by atoms with van der Waals surface area (Å²) in [6.07, 6.45) is 5.18. The maximum absolute atomic E-state index is 13.1. The van der Waals surface area contributed by atoms with Crippen molar-refractivity contribution in [3.63, 3.8) is 0 Å². The molecule has 1 unspecified atom stereocenters. The van der Waals surface area contributed by atoms with Gasteiger partial charge in [0.1, 0.15) is 23.7 Å². The summed E-state index contributed by atoms with van der Waals surface area (Å²) in [5.74, 6) is 1.06. The number of fused-ring (bicyclic) bond motifs is 2. The number of hydrogen-bond donors (Lipinski definition) is 0. The van der Waals surface area contributed by atoms with Crippen LogP contribution in [0.5, 0.6) is 0 Å². The number of benzene rings is 1. The fraction of sp³-hybridized carbons (Fsp3) is 0.483. The van der Waals surface area contributed by atoms with Crippen LogP contribution in [-0.2, 0) is 26.2 Å². The summed E-state index contributed by atoms with van der Waals surface area (Å²) in [4.78, 5) is 24.6. The van der Waals surface area contributed by atoms with Crippen LogP contribution < -0.4 is 4.90 Å². The Labute approximate surface area is 227 Å². The minimum atomic E-state index is -0.794. The van der Waals surface area contributed by atoms with Gasteiger partial charge in [0.2, 0.25) is 0 Å². The number of pyridine rings is 1. The largest absolute Gasteiger partial charge is 0.469 e. The van der Waals surface area contributed by atoms with Gasteiger partial charge in [-0.2, -0.15) is 5.10 Å². The summed E-state index contributed by atoms with van der Waals surface area (Å²) in [6, 6.07) is 12.9. The van der Waals surface area contributed by atoms with Crippen LogP contribution in [0.2, 0.25) is 0 Å². The Hall–Kier alpha value is -3.79. The van der Waals surface area contributed by atoms with Crippen molar-refractivity contribution in [2.24, 2.45) is 5.41 Å². The Kier molecular flexibility index (Phi) is 5.20. The zero-order valence-corrected chi connectivity index (χ0v) is 22.8. The van der Waals surface area contributed by atoms with Crippen molar-refractivity contribution in [1.29, 1.82) is 0 Å². The Bertz CT molecular complexity index is 1570. The Balaban J connectivity index is 1.19. The van der Waals surface area contributed by atoms with Crippen LogP contribution in [0.4, 0.5) is 5.69 Å². The van der Waals surface area contributed by atoms with Gasteiger partial charge in [0.25, 0.3) is 0 Å². The van der Waals surface area contributed by atoms with Gasteiger partial charge >= 0.3 is 5.97 Å². The molecular formula is C29H33N7O3. The minimum Gasteiger partial charge on any atom is -0.469 e. The molecule has 6 heterocycles. The molecular weight excluding hydrogens is 494 g/mol. The summed E-state index contributed by atoms with van der Waals surface area (Å²) < 4.78 is 15.5. The highest BCUT2D eigenvalue weighted by Gasteiger charge is 2.73. The topological polar surface area (TPSA) is 99.7 Å². The second kappa shape index (κ2) is 8.35. The fourth-order valence-electron chi connectivity index (χ4n) is 7.07. The van der Waals surface area contributed by atoms with Crippen LogP contribution in [0, 0.1) is 19.3 Å². The second-order valence-electron chi connectivity index (χ2n) is 11.9. The van der Waals surface area contributed by atoms with Gasteiger partial charge < -0.3 is 14.4 Å². The van der Waals surface area contributed by atoms with E-state index in [-0.39, 0.29) is 11.4 Å². The van der Waals surface area contributed by atoms with Crippen LogP contribution in [0.25, 0.3) is 5.65 Å². The first-order chi connectivity index (χ1) is 18.7. The number of ether oxygens (including phenoxy) is 2. The van der Waals surface area contributed by atoms with Gasteiger partial charge in [-0.05, 0) is 50.3 Å². The Morgan fingerprint density at radius 2 is 2.00 bits per heavy atom. The maximum Gasteiger partial charge on any atom is 0.315 e. The first kappa shape index (κ1) is 24.3. The van der Waals surface area contributed by atoms with E-state index >= 15 is 0 Å². The first-order valence-electron chi connectivity index (χ1n) is 13.5. The van der Waals surface area contributed by atoms with E-state index in [0.717, 1.165) is 42.2 Å². The van der Waals surface area contributed by atoms with Crippen LogP contribution >= 0.6 is 0 Å². The van der Waals surface area contributed by atoms with Crippen molar-refractivity contribution in [3.8, 4) is 0 Å². The summed E-state index contributed by atoms with van der Waals surface area (Å²) in [5.41, 5.74) is 3.07. The number of esters is 1. The lowest BCUT2D eigenvalue weighted by atomic mass is 9.59. The highest BCUT2D eigenvalue weighted by Crippen LogP contribution is 2.67. The minimum absolute atomic E-state index is 0.0972. The zero-order chi connectivity index (χ0) is 27.0. The summed E-state index contributed by atoms with van der Waals surface area (Å²) >= 11 is 0. The van der Waals surface area contributed by atoms with E-state index < -0.39 is 17.1 Å². The van der Waals surface area contributed by atoms with Gasteiger partial charge in [0.05, 0.1) is 31.1 Å². The molecule has 10 nitrogen and oxygen atoms in total. The summed E-state index contributed by atoms with van der Waals surface area (Å²) in [5, 5.41) is 9.21. The Morgan fingerprint density at radius 1 is 1.21 bits per heavy atom. The molecule has 3 aliphatic heterocycles. The lowest BCUT2D eigenvalue weighted by Crippen LogP contribution is -2.51. The third-order valence-electron chi connectivity index (χ3n) is 9.15. The van der Waals surface area contributed by atoms with Gasteiger partial charge in [0.15, 0.2) is 11.5 Å². The average Bonchev–Trinajstić information content (AvgIpc) is 3.72. The molecule has 2 bridgehead atoms. The zero-order valence-electron chi connectivity index (χ0n) is 22.8. The number of hydrogen-bond acceptors (Lipinski definition) is 8. The lowest BCUT2D eigenvalue weighted by Gasteiger charge is -2.42. The number of methoxy groups -OCH3 is 1. The highest BCUT2D eigenvalue weighted by atomic mass is 16.6. The van der Waals surface area contributed by atoms with Crippen molar-refractivity contribution in [2.75, 3.05) is 25.1 Å². The van der Waals surface area contributed by atoms with Gasteiger partial charge in [-0.1, -0.05) is 37.3 Å². The number of carbonyl (C=O) groups is 1. The van der Waals surface area contributed by atoms with Crippen molar-refractivity contribution in [2.45, 2.75) is 63.7 Å².